The van der Waals surface area contributed by atoms with Gasteiger partial charge in [0.2, 0.25) is 0 Å². The highest BCUT2D eigenvalue weighted by molar-refractivity contribution is 9.10. The Hall–Kier alpha value is -1.60. The number of benzene rings is 1. The maximum atomic E-state index is 13.2. The van der Waals surface area contributed by atoms with Crippen LogP contribution in [0.2, 0.25) is 0 Å². The highest BCUT2D eigenvalue weighted by atomic mass is 79.9. The van der Waals surface area contributed by atoms with Crippen molar-refractivity contribution in [3.05, 3.63) is 28.2 Å². The molecule has 0 radical (unpaired) electrons. The van der Waals surface area contributed by atoms with E-state index >= 15 is 0 Å². The molecule has 4 rings (SSSR count). The Kier molecular flexibility index (Phi) is 3.51. The first-order chi connectivity index (χ1) is 11.7. The molecule has 3 heterocycles. The van der Waals surface area contributed by atoms with Gasteiger partial charge in [-0.2, -0.15) is 0 Å². The Morgan fingerprint density at radius 2 is 2.08 bits per heavy atom. The number of guanidine groups is 1. The number of nitrogens with two attached hydrogens (primary N) is 1. The summed E-state index contributed by atoms with van der Waals surface area (Å²) in [5.41, 5.74) is 4.96. The Labute approximate surface area is 155 Å². The number of hydrogen-bond donors (Lipinski definition) is 1. The molecule has 0 saturated carbocycles. The fraction of sp³-hybridized carbons (Fsp3) is 0.556. The molecule has 134 valence electrons. The number of hydrogen-bond acceptors (Lipinski definition) is 5. The monoisotopic (exact) mass is 407 g/mol. The summed E-state index contributed by atoms with van der Waals surface area (Å²) in [4.78, 5) is 19.3. The minimum Gasteiger partial charge on any atom is -0.487 e. The van der Waals surface area contributed by atoms with Gasteiger partial charge in [-0.3, -0.25) is 9.69 Å². The van der Waals surface area contributed by atoms with Crippen LogP contribution in [0.1, 0.15) is 38.7 Å². The molecule has 1 aromatic rings. The number of rotatable bonds is 0. The van der Waals surface area contributed by atoms with Crippen LogP contribution in [0, 0.1) is 0 Å². The lowest BCUT2D eigenvalue weighted by atomic mass is 9.70. The van der Waals surface area contributed by atoms with E-state index in [1.165, 1.54) is 4.90 Å². The molecule has 6 nitrogen and oxygen atoms in total. The molecule has 1 aromatic carbocycles. The molecule has 7 heteroatoms. The summed E-state index contributed by atoms with van der Waals surface area (Å²) in [7, 11) is 1.67. The zero-order chi connectivity index (χ0) is 18.0. The standard InChI is InChI=1S/C18H22BrN3O3/c1-16(2)9-17(6-7-24-16)10-18(14(23)22(3)15(20)21-18)12-8-11(19)4-5-13(12)25-17/h4-5,8H,6-7,9-10H2,1-3H3,(H2,20,21). The van der Waals surface area contributed by atoms with Gasteiger partial charge in [0.05, 0.1) is 12.2 Å². The van der Waals surface area contributed by atoms with Gasteiger partial charge >= 0.3 is 0 Å². The zero-order valence-corrected chi connectivity index (χ0v) is 16.2. The lowest BCUT2D eigenvalue weighted by Crippen LogP contribution is -2.57. The minimum atomic E-state index is -1.02. The van der Waals surface area contributed by atoms with Crippen molar-refractivity contribution in [2.75, 3.05) is 13.7 Å². The molecule has 25 heavy (non-hydrogen) atoms. The van der Waals surface area contributed by atoms with Crippen LogP contribution in [0.3, 0.4) is 0 Å². The molecule has 2 spiro atoms. The molecule has 0 aromatic heterocycles. The van der Waals surface area contributed by atoms with Crippen LogP contribution in [0.5, 0.6) is 5.75 Å². The number of halogens is 1. The summed E-state index contributed by atoms with van der Waals surface area (Å²) in [6.45, 7) is 4.71. The van der Waals surface area contributed by atoms with Crippen LogP contribution in [0.4, 0.5) is 0 Å². The number of fused-ring (bicyclic) bond motifs is 2. The van der Waals surface area contributed by atoms with Crippen molar-refractivity contribution >= 4 is 27.8 Å². The minimum absolute atomic E-state index is 0.101. The van der Waals surface area contributed by atoms with Gasteiger partial charge in [0, 0.05) is 36.3 Å². The van der Waals surface area contributed by atoms with E-state index < -0.39 is 11.1 Å². The van der Waals surface area contributed by atoms with Gasteiger partial charge in [0.1, 0.15) is 11.4 Å². The zero-order valence-electron chi connectivity index (χ0n) is 14.6. The second-order valence-corrected chi connectivity index (χ2v) is 8.75. The number of aliphatic imine (C=N–C) groups is 1. The second-order valence-electron chi connectivity index (χ2n) is 7.83. The third kappa shape index (κ3) is 2.47. The lowest BCUT2D eigenvalue weighted by molar-refractivity contribution is -0.156. The Morgan fingerprint density at radius 1 is 1.32 bits per heavy atom. The third-order valence-electron chi connectivity index (χ3n) is 5.40. The van der Waals surface area contributed by atoms with Gasteiger partial charge in [0.25, 0.3) is 5.91 Å². The molecular weight excluding hydrogens is 386 g/mol. The van der Waals surface area contributed by atoms with Crippen molar-refractivity contribution in [2.24, 2.45) is 10.7 Å². The first-order valence-corrected chi connectivity index (χ1v) is 9.22. The van der Waals surface area contributed by atoms with E-state index in [0.29, 0.717) is 25.2 Å². The second kappa shape index (κ2) is 5.20. The number of likely N-dealkylation sites (N-methyl/N-ethyl adjacent to an activating group) is 1. The van der Waals surface area contributed by atoms with Crippen molar-refractivity contribution in [3.8, 4) is 5.75 Å². The molecule has 1 fully saturated rings. The lowest BCUT2D eigenvalue weighted by Gasteiger charge is -2.50. The summed E-state index contributed by atoms with van der Waals surface area (Å²) in [6, 6.07) is 5.74. The SMILES string of the molecule is CN1C(=O)C2(CC3(CCOC(C)(C)C3)Oc3ccc(Br)cc32)N=C1N. The highest BCUT2D eigenvalue weighted by Gasteiger charge is 2.59. The first kappa shape index (κ1) is 16.8. The molecule has 2 N–H and O–H groups in total. The van der Waals surface area contributed by atoms with Crippen molar-refractivity contribution in [2.45, 2.75) is 49.9 Å². The summed E-state index contributed by atoms with van der Waals surface area (Å²) in [6.07, 6.45) is 1.89. The quantitative estimate of drug-likeness (QED) is 0.716. The van der Waals surface area contributed by atoms with E-state index in [2.05, 4.69) is 34.8 Å². The predicted molar refractivity (Wildman–Crippen MR) is 97.5 cm³/mol. The maximum absolute atomic E-state index is 13.2. The van der Waals surface area contributed by atoms with E-state index in [-0.39, 0.29) is 17.5 Å². The number of carbonyl (C=O) groups is 1. The molecule has 3 aliphatic rings. The summed E-state index contributed by atoms with van der Waals surface area (Å²) in [5, 5.41) is 0. The number of carbonyl (C=O) groups excluding carboxylic acids is 1. The molecule has 0 bridgehead atoms. The van der Waals surface area contributed by atoms with Crippen molar-refractivity contribution in [3.63, 3.8) is 0 Å². The van der Waals surface area contributed by atoms with Gasteiger partial charge in [-0.05, 0) is 32.0 Å². The number of nitrogens with zero attached hydrogens (tertiary/aromatic N) is 2. The average Bonchev–Trinajstić information content (AvgIpc) is 2.72. The van der Waals surface area contributed by atoms with Crippen molar-refractivity contribution in [1.82, 2.24) is 4.90 Å². The van der Waals surface area contributed by atoms with Crippen LogP contribution in [-0.4, -0.2) is 41.6 Å². The van der Waals surface area contributed by atoms with Crippen LogP contribution >= 0.6 is 15.9 Å². The van der Waals surface area contributed by atoms with Crippen molar-refractivity contribution in [1.29, 1.82) is 0 Å². The van der Waals surface area contributed by atoms with E-state index in [9.17, 15) is 4.79 Å². The predicted octanol–water partition coefficient (Wildman–Crippen LogP) is 2.54. The van der Waals surface area contributed by atoms with Crippen LogP contribution < -0.4 is 10.5 Å². The molecule has 1 saturated heterocycles. The number of amides is 1. The molecule has 1 amide bonds. The molecule has 3 aliphatic heterocycles. The van der Waals surface area contributed by atoms with Crippen LogP contribution in [0.15, 0.2) is 27.7 Å². The summed E-state index contributed by atoms with van der Waals surface area (Å²) in [5.74, 6) is 0.850. The summed E-state index contributed by atoms with van der Waals surface area (Å²) < 4.78 is 13.2. The van der Waals surface area contributed by atoms with E-state index in [1.54, 1.807) is 7.05 Å². The highest BCUT2D eigenvalue weighted by Crippen LogP contribution is 2.53. The maximum Gasteiger partial charge on any atom is 0.261 e. The average molecular weight is 408 g/mol. The molecule has 0 aliphatic carbocycles. The van der Waals surface area contributed by atoms with E-state index in [0.717, 1.165) is 16.5 Å². The first-order valence-electron chi connectivity index (χ1n) is 8.43. The smallest absolute Gasteiger partial charge is 0.261 e. The van der Waals surface area contributed by atoms with Gasteiger partial charge in [0.15, 0.2) is 11.5 Å². The number of ether oxygens (including phenoxy) is 2. The van der Waals surface area contributed by atoms with E-state index in [4.69, 9.17) is 15.2 Å². The Bertz CT molecular complexity index is 794. The fourth-order valence-electron chi connectivity index (χ4n) is 4.40. The Balaban J connectivity index is 1.89. The molecular formula is C18H22BrN3O3. The van der Waals surface area contributed by atoms with Crippen molar-refractivity contribution < 1.29 is 14.3 Å². The third-order valence-corrected chi connectivity index (χ3v) is 5.89. The van der Waals surface area contributed by atoms with Crippen LogP contribution in [0.25, 0.3) is 0 Å². The Morgan fingerprint density at radius 3 is 2.72 bits per heavy atom. The van der Waals surface area contributed by atoms with Gasteiger partial charge in [-0.25, -0.2) is 4.99 Å². The van der Waals surface area contributed by atoms with Gasteiger partial charge < -0.3 is 15.2 Å². The molecule has 2 atom stereocenters. The van der Waals surface area contributed by atoms with E-state index in [1.807, 2.05) is 18.2 Å². The van der Waals surface area contributed by atoms with Gasteiger partial charge in [-0.1, -0.05) is 15.9 Å². The normalized spacial score (nSPS) is 33.4. The fourth-order valence-corrected chi connectivity index (χ4v) is 4.76. The summed E-state index contributed by atoms with van der Waals surface area (Å²) >= 11 is 3.50. The molecule has 2 unspecified atom stereocenters. The van der Waals surface area contributed by atoms with Gasteiger partial charge in [-0.15, -0.1) is 0 Å². The van der Waals surface area contributed by atoms with Crippen LogP contribution in [-0.2, 0) is 15.1 Å². The topological polar surface area (TPSA) is 77.2 Å². The largest absolute Gasteiger partial charge is 0.487 e.